The Bertz CT molecular complexity index is 689. The zero-order valence-electron chi connectivity index (χ0n) is 10.8. The average molecular weight is 265 g/mol. The van der Waals surface area contributed by atoms with Crippen molar-refractivity contribution in [2.45, 2.75) is 6.54 Å². The van der Waals surface area contributed by atoms with Crippen LogP contribution in [-0.2, 0) is 6.54 Å². The predicted octanol–water partition coefficient (Wildman–Crippen LogP) is 2.51. The molecule has 0 saturated heterocycles. The van der Waals surface area contributed by atoms with Gasteiger partial charge >= 0.3 is 0 Å². The number of carbonyl (C=O) groups excluding carboxylic acids is 1. The number of nitrogens with zero attached hydrogens (tertiary/aromatic N) is 2. The SMILES string of the molecule is O=C(C[n+]1ccc(-c2ccco2)nc1)c1ccccc1. The lowest BCUT2D eigenvalue weighted by Gasteiger charge is -1.99. The Labute approximate surface area is 116 Å². The van der Waals surface area contributed by atoms with E-state index in [0.29, 0.717) is 11.3 Å². The monoisotopic (exact) mass is 265 g/mol. The van der Waals surface area contributed by atoms with Crippen LogP contribution < -0.4 is 4.57 Å². The molecule has 3 aromatic rings. The highest BCUT2D eigenvalue weighted by Gasteiger charge is 2.12. The van der Waals surface area contributed by atoms with E-state index >= 15 is 0 Å². The molecule has 0 bridgehead atoms. The quantitative estimate of drug-likeness (QED) is 0.538. The summed E-state index contributed by atoms with van der Waals surface area (Å²) >= 11 is 0. The normalized spacial score (nSPS) is 10.4. The summed E-state index contributed by atoms with van der Waals surface area (Å²) in [5, 5.41) is 0. The minimum absolute atomic E-state index is 0.0585. The van der Waals surface area contributed by atoms with Crippen molar-refractivity contribution in [1.29, 1.82) is 0 Å². The number of Topliss-reactive ketones (excluding diaryl/α,β-unsaturated/α-hetero) is 1. The third-order valence-corrected chi connectivity index (χ3v) is 2.96. The molecule has 0 saturated carbocycles. The first-order valence-corrected chi connectivity index (χ1v) is 6.30. The van der Waals surface area contributed by atoms with Crippen molar-refractivity contribution in [3.05, 3.63) is 72.9 Å². The first-order valence-electron chi connectivity index (χ1n) is 6.30. The highest BCUT2D eigenvalue weighted by Crippen LogP contribution is 2.14. The smallest absolute Gasteiger partial charge is 0.287 e. The summed E-state index contributed by atoms with van der Waals surface area (Å²) in [5.74, 6) is 0.773. The van der Waals surface area contributed by atoms with Gasteiger partial charge in [-0.15, -0.1) is 0 Å². The first-order chi connectivity index (χ1) is 9.83. The van der Waals surface area contributed by atoms with Gasteiger partial charge in [-0.3, -0.25) is 4.79 Å². The summed E-state index contributed by atoms with van der Waals surface area (Å²) in [7, 11) is 0. The van der Waals surface area contributed by atoms with Gasteiger partial charge in [0.15, 0.2) is 12.3 Å². The van der Waals surface area contributed by atoms with Crippen LogP contribution in [-0.4, -0.2) is 10.8 Å². The van der Waals surface area contributed by atoms with Gasteiger partial charge in [0.05, 0.1) is 12.5 Å². The molecule has 4 nitrogen and oxygen atoms in total. The number of ketones is 1. The number of furan rings is 1. The zero-order chi connectivity index (χ0) is 13.8. The van der Waals surface area contributed by atoms with Crippen LogP contribution in [0.25, 0.3) is 11.5 Å². The molecule has 4 heteroatoms. The largest absolute Gasteiger partial charge is 0.460 e. The molecular weight excluding hydrogens is 252 g/mol. The van der Waals surface area contributed by atoms with E-state index < -0.39 is 0 Å². The molecule has 0 aliphatic heterocycles. The number of rotatable bonds is 4. The van der Waals surface area contributed by atoms with E-state index in [-0.39, 0.29) is 12.3 Å². The van der Waals surface area contributed by atoms with Crippen LogP contribution >= 0.6 is 0 Å². The van der Waals surface area contributed by atoms with Crippen molar-refractivity contribution in [2.24, 2.45) is 0 Å². The van der Waals surface area contributed by atoms with E-state index in [9.17, 15) is 4.79 Å². The van der Waals surface area contributed by atoms with E-state index in [4.69, 9.17) is 4.42 Å². The maximum absolute atomic E-state index is 12.1. The van der Waals surface area contributed by atoms with Gasteiger partial charge in [-0.05, 0) is 17.1 Å². The lowest BCUT2D eigenvalue weighted by molar-refractivity contribution is -0.686. The van der Waals surface area contributed by atoms with Crippen LogP contribution in [0.2, 0.25) is 0 Å². The summed E-state index contributed by atoms with van der Waals surface area (Å²) in [5.41, 5.74) is 1.45. The van der Waals surface area contributed by atoms with Gasteiger partial charge in [0.1, 0.15) is 0 Å². The Kier molecular flexibility index (Phi) is 3.37. The molecule has 0 spiro atoms. The molecule has 0 aliphatic carbocycles. The summed E-state index contributed by atoms with van der Waals surface area (Å²) in [6.07, 6.45) is 5.07. The van der Waals surface area contributed by atoms with Crippen LogP contribution in [0.5, 0.6) is 0 Å². The average Bonchev–Trinajstić information content (AvgIpc) is 3.03. The van der Waals surface area contributed by atoms with E-state index in [1.54, 1.807) is 17.2 Å². The number of hydrogen-bond acceptors (Lipinski definition) is 3. The molecule has 1 aromatic carbocycles. The molecular formula is C16H13N2O2+. The van der Waals surface area contributed by atoms with Gasteiger partial charge in [0.2, 0.25) is 11.5 Å². The molecule has 0 atom stereocenters. The van der Waals surface area contributed by atoms with Gasteiger partial charge in [0, 0.05) is 11.6 Å². The molecule has 0 radical (unpaired) electrons. The van der Waals surface area contributed by atoms with Gasteiger partial charge in [-0.1, -0.05) is 30.3 Å². The lowest BCUT2D eigenvalue weighted by Crippen LogP contribution is -2.37. The van der Waals surface area contributed by atoms with E-state index in [0.717, 1.165) is 5.69 Å². The molecule has 2 heterocycles. The predicted molar refractivity (Wildman–Crippen MR) is 72.9 cm³/mol. The van der Waals surface area contributed by atoms with Crippen molar-refractivity contribution in [3.8, 4) is 11.5 Å². The summed E-state index contributed by atoms with van der Waals surface area (Å²) in [6.45, 7) is 0.273. The summed E-state index contributed by atoms with van der Waals surface area (Å²) in [4.78, 5) is 16.3. The number of benzene rings is 1. The van der Waals surface area contributed by atoms with Crippen molar-refractivity contribution in [2.75, 3.05) is 0 Å². The minimum atomic E-state index is 0.0585. The molecule has 20 heavy (non-hydrogen) atoms. The van der Waals surface area contributed by atoms with Gasteiger partial charge in [-0.25, -0.2) is 4.57 Å². The molecule has 0 N–H and O–H groups in total. The topological polar surface area (TPSA) is 47.0 Å². The second kappa shape index (κ2) is 5.48. The van der Waals surface area contributed by atoms with Crippen molar-refractivity contribution >= 4 is 5.78 Å². The first kappa shape index (κ1) is 12.3. The molecule has 3 rings (SSSR count). The Morgan fingerprint density at radius 1 is 1.10 bits per heavy atom. The van der Waals surface area contributed by atoms with Crippen molar-refractivity contribution < 1.29 is 13.8 Å². The highest BCUT2D eigenvalue weighted by atomic mass is 16.3. The van der Waals surface area contributed by atoms with Crippen LogP contribution in [0.15, 0.2) is 71.7 Å². The molecule has 98 valence electrons. The van der Waals surface area contributed by atoms with Crippen LogP contribution in [0.1, 0.15) is 10.4 Å². The van der Waals surface area contributed by atoms with Gasteiger partial charge in [-0.2, -0.15) is 0 Å². The van der Waals surface area contributed by atoms with Crippen molar-refractivity contribution in [1.82, 2.24) is 4.98 Å². The summed E-state index contributed by atoms with van der Waals surface area (Å²) < 4.78 is 7.02. The van der Waals surface area contributed by atoms with E-state index in [2.05, 4.69) is 4.98 Å². The standard InChI is InChI=1S/C16H13N2O2/c19-15(13-5-2-1-3-6-13)11-18-9-8-14(17-12-18)16-7-4-10-20-16/h1-10,12H,11H2/q+1. The van der Waals surface area contributed by atoms with Gasteiger partial charge < -0.3 is 4.42 Å². The Hall–Kier alpha value is -2.75. The second-order valence-electron chi connectivity index (χ2n) is 4.38. The lowest BCUT2D eigenvalue weighted by atomic mass is 10.1. The Balaban J connectivity index is 1.74. The third kappa shape index (κ3) is 2.64. The number of carbonyl (C=O) groups is 1. The Morgan fingerprint density at radius 3 is 2.60 bits per heavy atom. The highest BCUT2D eigenvalue weighted by molar-refractivity contribution is 5.94. The van der Waals surface area contributed by atoms with Gasteiger partial charge in [0.25, 0.3) is 6.33 Å². The molecule has 0 amide bonds. The van der Waals surface area contributed by atoms with Crippen LogP contribution in [0.3, 0.4) is 0 Å². The fourth-order valence-corrected chi connectivity index (χ4v) is 1.93. The number of aromatic nitrogens is 2. The van der Waals surface area contributed by atoms with E-state index in [1.165, 1.54) is 0 Å². The van der Waals surface area contributed by atoms with Crippen molar-refractivity contribution in [3.63, 3.8) is 0 Å². The number of hydrogen-bond donors (Lipinski definition) is 0. The maximum Gasteiger partial charge on any atom is 0.287 e. The minimum Gasteiger partial charge on any atom is -0.460 e. The third-order valence-electron chi connectivity index (χ3n) is 2.96. The van der Waals surface area contributed by atoms with E-state index in [1.807, 2.05) is 54.7 Å². The fourth-order valence-electron chi connectivity index (χ4n) is 1.93. The van der Waals surface area contributed by atoms with Crippen LogP contribution in [0.4, 0.5) is 0 Å². The molecule has 0 aliphatic rings. The fraction of sp³-hybridized carbons (Fsp3) is 0.0625. The maximum atomic E-state index is 12.1. The molecule has 0 unspecified atom stereocenters. The Morgan fingerprint density at radius 2 is 1.95 bits per heavy atom. The molecule has 0 fully saturated rings. The van der Waals surface area contributed by atoms with Crippen LogP contribution in [0, 0.1) is 0 Å². The zero-order valence-corrected chi connectivity index (χ0v) is 10.8. The second-order valence-corrected chi connectivity index (χ2v) is 4.38. The summed E-state index contributed by atoms with van der Waals surface area (Å²) in [6, 6.07) is 14.7. The molecule has 2 aromatic heterocycles.